The van der Waals surface area contributed by atoms with Crippen LogP contribution in [0, 0.1) is 0 Å². The van der Waals surface area contributed by atoms with Gasteiger partial charge in [-0.25, -0.2) is 0 Å². The molecule has 1 aliphatic heterocycles. The second kappa shape index (κ2) is 4.76. The van der Waals surface area contributed by atoms with Crippen molar-refractivity contribution in [3.63, 3.8) is 0 Å². The van der Waals surface area contributed by atoms with Crippen LogP contribution in [0.25, 0.3) is 0 Å². The van der Waals surface area contributed by atoms with Crippen LogP contribution in [0.5, 0.6) is 11.5 Å². The molecule has 0 unspecified atom stereocenters. The number of aliphatic carboxylic acids is 1. The summed E-state index contributed by atoms with van der Waals surface area (Å²) in [5.74, 6) is 0.332. The fraction of sp³-hybridized carbons (Fsp3) is 0.533. The first-order valence-electron chi connectivity index (χ1n) is 6.90. The van der Waals surface area contributed by atoms with Crippen LogP contribution in [0.1, 0.15) is 44.1 Å². The fourth-order valence-corrected chi connectivity index (χ4v) is 2.84. The van der Waals surface area contributed by atoms with E-state index in [1.165, 1.54) is 6.42 Å². The normalized spacial score (nSPS) is 19.6. The molecule has 1 aromatic carbocycles. The van der Waals surface area contributed by atoms with Crippen molar-refractivity contribution in [3.8, 4) is 11.5 Å². The van der Waals surface area contributed by atoms with Crippen molar-refractivity contribution in [1.29, 1.82) is 0 Å². The van der Waals surface area contributed by atoms with E-state index in [9.17, 15) is 4.79 Å². The predicted octanol–water partition coefficient (Wildman–Crippen LogP) is 3.14. The van der Waals surface area contributed by atoms with Gasteiger partial charge in [-0.3, -0.25) is 4.79 Å². The molecule has 1 spiro atoms. The van der Waals surface area contributed by atoms with Gasteiger partial charge in [0.05, 0.1) is 0 Å². The molecule has 1 aromatic rings. The number of hydrogen-bond donors (Lipinski definition) is 1. The summed E-state index contributed by atoms with van der Waals surface area (Å²) in [5.41, 5.74) is 0.984. The number of fused-ring (bicyclic) bond motifs is 1. The smallest absolute Gasteiger partial charge is 0.303 e. The van der Waals surface area contributed by atoms with Gasteiger partial charge in [-0.15, -0.1) is 0 Å². The number of carbonyl (C=O) groups is 1. The van der Waals surface area contributed by atoms with E-state index in [2.05, 4.69) is 0 Å². The second-order valence-electron chi connectivity index (χ2n) is 5.35. The Morgan fingerprint density at radius 3 is 2.63 bits per heavy atom. The maximum atomic E-state index is 10.6. The van der Waals surface area contributed by atoms with Crippen LogP contribution in [-0.2, 0) is 11.2 Å². The molecule has 1 fully saturated rings. The Balaban J connectivity index is 1.74. The van der Waals surface area contributed by atoms with Gasteiger partial charge in [0.25, 0.3) is 5.79 Å². The standard InChI is InChI=1S/C15H18O4/c16-14(17)7-5-11-4-6-12-13(10-11)19-15(18-12)8-2-1-3-9-15/h4,6,10H,1-3,5,7-9H2,(H,16,17). The molecule has 4 nitrogen and oxygen atoms in total. The van der Waals surface area contributed by atoms with Gasteiger partial charge >= 0.3 is 5.97 Å². The Kier molecular flexibility index (Phi) is 3.09. The maximum absolute atomic E-state index is 10.6. The zero-order valence-corrected chi connectivity index (χ0v) is 10.9. The summed E-state index contributed by atoms with van der Waals surface area (Å²) in [6.45, 7) is 0. The van der Waals surface area contributed by atoms with Gasteiger partial charge in [-0.05, 0) is 37.0 Å². The lowest BCUT2D eigenvalue weighted by atomic mass is 9.94. The van der Waals surface area contributed by atoms with Crippen LogP contribution < -0.4 is 9.47 Å². The van der Waals surface area contributed by atoms with E-state index in [4.69, 9.17) is 14.6 Å². The van der Waals surface area contributed by atoms with Crippen molar-refractivity contribution in [3.05, 3.63) is 23.8 Å². The largest absolute Gasteiger partial charge is 0.481 e. The first-order chi connectivity index (χ1) is 9.17. The Morgan fingerprint density at radius 2 is 1.89 bits per heavy atom. The average molecular weight is 262 g/mol. The van der Waals surface area contributed by atoms with Crippen molar-refractivity contribution in [2.75, 3.05) is 0 Å². The summed E-state index contributed by atoms with van der Waals surface area (Å²) in [5, 5.41) is 8.71. The summed E-state index contributed by atoms with van der Waals surface area (Å²) < 4.78 is 12.0. The number of carboxylic acids is 1. The van der Waals surface area contributed by atoms with E-state index in [1.807, 2.05) is 18.2 Å². The van der Waals surface area contributed by atoms with Crippen LogP contribution in [-0.4, -0.2) is 16.9 Å². The van der Waals surface area contributed by atoms with E-state index in [-0.39, 0.29) is 6.42 Å². The number of carboxylic acid groups (broad SMARTS) is 1. The fourth-order valence-electron chi connectivity index (χ4n) is 2.84. The van der Waals surface area contributed by atoms with Crippen LogP contribution in [0.2, 0.25) is 0 Å². The molecule has 1 heterocycles. The highest BCUT2D eigenvalue weighted by Gasteiger charge is 2.42. The van der Waals surface area contributed by atoms with Gasteiger partial charge in [0.15, 0.2) is 11.5 Å². The third-order valence-electron chi connectivity index (χ3n) is 3.84. The highest BCUT2D eigenvalue weighted by atomic mass is 16.7. The lowest BCUT2D eigenvalue weighted by molar-refractivity contribution is -0.136. The predicted molar refractivity (Wildman–Crippen MR) is 69.5 cm³/mol. The summed E-state index contributed by atoms with van der Waals surface area (Å²) in [4.78, 5) is 10.6. The first kappa shape index (κ1) is 12.3. The minimum absolute atomic E-state index is 0.144. The molecule has 1 N–H and O–H groups in total. The Hall–Kier alpha value is -1.71. The molecule has 102 valence electrons. The zero-order valence-electron chi connectivity index (χ0n) is 10.9. The highest BCUT2D eigenvalue weighted by molar-refractivity contribution is 5.67. The minimum Gasteiger partial charge on any atom is -0.481 e. The summed E-state index contributed by atoms with van der Waals surface area (Å²) in [6, 6.07) is 5.74. The Bertz CT molecular complexity index is 489. The van der Waals surface area contributed by atoms with Crippen LogP contribution in [0.15, 0.2) is 18.2 Å². The van der Waals surface area contributed by atoms with Gasteiger partial charge in [0.2, 0.25) is 0 Å². The van der Waals surface area contributed by atoms with Crippen LogP contribution in [0.4, 0.5) is 0 Å². The molecule has 0 atom stereocenters. The number of rotatable bonds is 3. The van der Waals surface area contributed by atoms with Crippen molar-refractivity contribution in [2.24, 2.45) is 0 Å². The molecule has 3 rings (SSSR count). The van der Waals surface area contributed by atoms with E-state index in [0.29, 0.717) is 6.42 Å². The molecule has 0 radical (unpaired) electrons. The molecule has 0 saturated heterocycles. The molecule has 4 heteroatoms. The highest BCUT2D eigenvalue weighted by Crippen LogP contribution is 2.45. The van der Waals surface area contributed by atoms with Gasteiger partial charge in [0.1, 0.15) is 0 Å². The average Bonchev–Trinajstić information content (AvgIpc) is 2.73. The molecular weight excluding hydrogens is 244 g/mol. The molecule has 19 heavy (non-hydrogen) atoms. The van der Waals surface area contributed by atoms with Gasteiger partial charge in [0, 0.05) is 19.3 Å². The van der Waals surface area contributed by atoms with Crippen molar-refractivity contribution < 1.29 is 19.4 Å². The molecule has 1 saturated carbocycles. The van der Waals surface area contributed by atoms with Crippen molar-refractivity contribution >= 4 is 5.97 Å². The number of benzene rings is 1. The summed E-state index contributed by atoms with van der Waals surface area (Å²) in [6.07, 6.45) is 6.07. The van der Waals surface area contributed by atoms with E-state index < -0.39 is 11.8 Å². The summed E-state index contributed by atoms with van der Waals surface area (Å²) in [7, 11) is 0. The van der Waals surface area contributed by atoms with E-state index in [1.54, 1.807) is 0 Å². The monoisotopic (exact) mass is 262 g/mol. The van der Waals surface area contributed by atoms with Crippen molar-refractivity contribution in [2.45, 2.75) is 50.7 Å². The Labute approximate surface area is 112 Å². The lowest BCUT2D eigenvalue weighted by Gasteiger charge is -2.31. The van der Waals surface area contributed by atoms with E-state index in [0.717, 1.165) is 42.7 Å². The van der Waals surface area contributed by atoms with Crippen molar-refractivity contribution in [1.82, 2.24) is 0 Å². The minimum atomic E-state index is -0.776. The van der Waals surface area contributed by atoms with E-state index >= 15 is 0 Å². The number of aryl methyl sites for hydroxylation is 1. The Morgan fingerprint density at radius 1 is 1.16 bits per heavy atom. The second-order valence-corrected chi connectivity index (χ2v) is 5.35. The molecule has 0 amide bonds. The quantitative estimate of drug-likeness (QED) is 0.909. The SMILES string of the molecule is O=C(O)CCc1ccc2c(c1)OC1(CCCCC1)O2. The number of hydrogen-bond acceptors (Lipinski definition) is 3. The molecule has 0 aromatic heterocycles. The topological polar surface area (TPSA) is 55.8 Å². The lowest BCUT2D eigenvalue weighted by Crippen LogP contribution is -2.40. The molecule has 2 aliphatic rings. The number of ether oxygens (including phenoxy) is 2. The zero-order chi connectivity index (χ0) is 13.3. The third-order valence-corrected chi connectivity index (χ3v) is 3.84. The van der Waals surface area contributed by atoms with Gasteiger partial charge < -0.3 is 14.6 Å². The summed E-state index contributed by atoms with van der Waals surface area (Å²) >= 11 is 0. The molecule has 0 bridgehead atoms. The molecular formula is C15H18O4. The third kappa shape index (κ3) is 2.53. The van der Waals surface area contributed by atoms with Crippen LogP contribution in [0.3, 0.4) is 0 Å². The van der Waals surface area contributed by atoms with Gasteiger partial charge in [-0.1, -0.05) is 12.5 Å². The van der Waals surface area contributed by atoms with Crippen LogP contribution >= 0.6 is 0 Å². The van der Waals surface area contributed by atoms with Gasteiger partial charge in [-0.2, -0.15) is 0 Å². The first-order valence-corrected chi connectivity index (χ1v) is 6.90. The molecule has 1 aliphatic carbocycles. The maximum Gasteiger partial charge on any atom is 0.303 e.